The molecular weight excluding hydrogens is 230 g/mol. The fourth-order valence-corrected chi connectivity index (χ4v) is 1.75. The van der Waals surface area contributed by atoms with E-state index in [1.54, 1.807) is 12.1 Å². The number of fused-ring (bicyclic) bond motifs is 1. The van der Waals surface area contributed by atoms with E-state index < -0.39 is 5.97 Å². The maximum absolute atomic E-state index is 10.9. The summed E-state index contributed by atoms with van der Waals surface area (Å²) in [6.45, 7) is 0. The van der Waals surface area contributed by atoms with Crippen LogP contribution < -0.4 is 0 Å². The van der Waals surface area contributed by atoms with Crippen molar-refractivity contribution in [1.82, 2.24) is 14.4 Å². The van der Waals surface area contributed by atoms with Gasteiger partial charge < -0.3 is 9.51 Å². The van der Waals surface area contributed by atoms with Crippen molar-refractivity contribution in [2.75, 3.05) is 0 Å². The van der Waals surface area contributed by atoms with Crippen LogP contribution in [-0.4, -0.2) is 25.4 Å². The van der Waals surface area contributed by atoms with E-state index >= 15 is 0 Å². The highest BCUT2D eigenvalue weighted by atomic mass is 16.4. The van der Waals surface area contributed by atoms with E-state index in [1.165, 1.54) is 6.07 Å². The van der Waals surface area contributed by atoms with Gasteiger partial charge in [0.25, 0.3) is 0 Å². The van der Waals surface area contributed by atoms with Gasteiger partial charge in [0.1, 0.15) is 17.0 Å². The molecule has 0 spiro atoms. The maximum atomic E-state index is 10.9. The van der Waals surface area contributed by atoms with Crippen LogP contribution in [0.4, 0.5) is 0 Å². The Bertz CT molecular complexity index is 701. The van der Waals surface area contributed by atoms with Gasteiger partial charge in [-0.25, -0.2) is 14.8 Å². The molecule has 0 amide bonds. The third-order valence-electron chi connectivity index (χ3n) is 2.59. The molecular formula is C13H9N3O2. The standard InChI is InChI=1S/C13H9N3O2/c17-13(18)10-5-3-4-9(14-10)11-8-16-7-2-1-6-12(16)15-11/h1-8H,(H,17,18). The van der Waals surface area contributed by atoms with E-state index in [4.69, 9.17) is 5.11 Å². The quantitative estimate of drug-likeness (QED) is 0.743. The van der Waals surface area contributed by atoms with Gasteiger partial charge in [-0.15, -0.1) is 0 Å². The number of carboxylic acids is 1. The monoisotopic (exact) mass is 239 g/mol. The second kappa shape index (κ2) is 3.96. The van der Waals surface area contributed by atoms with E-state index in [2.05, 4.69) is 9.97 Å². The van der Waals surface area contributed by atoms with Crippen LogP contribution >= 0.6 is 0 Å². The molecule has 18 heavy (non-hydrogen) atoms. The number of pyridine rings is 2. The van der Waals surface area contributed by atoms with Crippen LogP contribution in [0.3, 0.4) is 0 Å². The number of carbonyl (C=O) groups is 1. The van der Waals surface area contributed by atoms with Crippen LogP contribution in [0.15, 0.2) is 48.8 Å². The molecule has 0 aromatic carbocycles. The van der Waals surface area contributed by atoms with E-state index in [9.17, 15) is 4.79 Å². The molecule has 5 heteroatoms. The van der Waals surface area contributed by atoms with Gasteiger partial charge in [-0.3, -0.25) is 0 Å². The fraction of sp³-hybridized carbons (Fsp3) is 0. The smallest absolute Gasteiger partial charge is 0.354 e. The highest BCUT2D eigenvalue weighted by Crippen LogP contribution is 2.17. The highest BCUT2D eigenvalue weighted by Gasteiger charge is 2.09. The lowest BCUT2D eigenvalue weighted by molar-refractivity contribution is 0.0690. The summed E-state index contributed by atoms with van der Waals surface area (Å²) in [5, 5.41) is 8.91. The zero-order valence-electron chi connectivity index (χ0n) is 9.32. The van der Waals surface area contributed by atoms with Gasteiger partial charge in [0, 0.05) is 12.4 Å². The largest absolute Gasteiger partial charge is 0.477 e. The van der Waals surface area contributed by atoms with Crippen molar-refractivity contribution in [2.45, 2.75) is 0 Å². The van der Waals surface area contributed by atoms with E-state index in [1.807, 2.05) is 35.0 Å². The van der Waals surface area contributed by atoms with Gasteiger partial charge >= 0.3 is 5.97 Å². The maximum Gasteiger partial charge on any atom is 0.354 e. The number of aromatic nitrogens is 3. The highest BCUT2D eigenvalue weighted by molar-refractivity contribution is 5.86. The first-order valence-electron chi connectivity index (χ1n) is 5.38. The normalized spacial score (nSPS) is 10.7. The molecule has 0 unspecified atom stereocenters. The van der Waals surface area contributed by atoms with Crippen molar-refractivity contribution >= 4 is 11.6 Å². The van der Waals surface area contributed by atoms with Crippen molar-refractivity contribution < 1.29 is 9.90 Å². The second-order valence-electron chi connectivity index (χ2n) is 3.81. The lowest BCUT2D eigenvalue weighted by Crippen LogP contribution is -2.00. The minimum Gasteiger partial charge on any atom is -0.477 e. The minimum atomic E-state index is -1.04. The van der Waals surface area contributed by atoms with E-state index in [-0.39, 0.29) is 5.69 Å². The Morgan fingerprint density at radius 2 is 1.94 bits per heavy atom. The van der Waals surface area contributed by atoms with Gasteiger partial charge in [-0.2, -0.15) is 0 Å². The van der Waals surface area contributed by atoms with Crippen LogP contribution in [0.1, 0.15) is 10.5 Å². The Labute approximate surface area is 102 Å². The molecule has 0 atom stereocenters. The Morgan fingerprint density at radius 3 is 2.72 bits per heavy atom. The number of hydrogen-bond donors (Lipinski definition) is 1. The molecule has 3 heterocycles. The molecule has 1 N–H and O–H groups in total. The summed E-state index contributed by atoms with van der Waals surface area (Å²) in [7, 11) is 0. The first-order chi connectivity index (χ1) is 8.74. The van der Waals surface area contributed by atoms with Crippen LogP contribution in [0.2, 0.25) is 0 Å². The van der Waals surface area contributed by atoms with Crippen LogP contribution in [0.25, 0.3) is 17.0 Å². The van der Waals surface area contributed by atoms with Gasteiger partial charge in [0.15, 0.2) is 0 Å². The molecule has 0 aliphatic heterocycles. The van der Waals surface area contributed by atoms with Crippen molar-refractivity contribution in [1.29, 1.82) is 0 Å². The third kappa shape index (κ3) is 1.71. The minimum absolute atomic E-state index is 0.0181. The number of imidazole rings is 1. The molecule has 3 aromatic heterocycles. The molecule has 0 saturated carbocycles. The van der Waals surface area contributed by atoms with E-state index in [0.29, 0.717) is 11.4 Å². The average Bonchev–Trinajstić information content (AvgIpc) is 2.82. The van der Waals surface area contributed by atoms with Crippen LogP contribution in [-0.2, 0) is 0 Å². The van der Waals surface area contributed by atoms with Gasteiger partial charge in [-0.05, 0) is 24.3 Å². The summed E-state index contributed by atoms with van der Waals surface area (Å²) in [6.07, 6.45) is 3.70. The molecule has 0 aliphatic carbocycles. The zero-order valence-corrected chi connectivity index (χ0v) is 9.32. The molecule has 3 rings (SSSR count). The Kier molecular flexibility index (Phi) is 2.30. The lowest BCUT2D eigenvalue weighted by Gasteiger charge is -1.97. The van der Waals surface area contributed by atoms with Crippen LogP contribution in [0, 0.1) is 0 Å². The Morgan fingerprint density at radius 1 is 1.06 bits per heavy atom. The predicted molar refractivity (Wildman–Crippen MR) is 65.4 cm³/mol. The lowest BCUT2D eigenvalue weighted by atomic mass is 10.2. The second-order valence-corrected chi connectivity index (χ2v) is 3.81. The Balaban J connectivity index is 2.13. The molecule has 5 nitrogen and oxygen atoms in total. The topological polar surface area (TPSA) is 67.5 Å². The molecule has 0 fully saturated rings. The summed E-state index contributed by atoms with van der Waals surface area (Å²) in [6, 6.07) is 10.5. The number of nitrogens with zero attached hydrogens (tertiary/aromatic N) is 3. The molecule has 88 valence electrons. The van der Waals surface area contributed by atoms with Gasteiger partial charge in [0.05, 0.1) is 5.69 Å². The molecule has 0 bridgehead atoms. The summed E-state index contributed by atoms with van der Waals surface area (Å²) < 4.78 is 1.87. The first kappa shape index (κ1) is 10.5. The van der Waals surface area contributed by atoms with Crippen molar-refractivity contribution in [3.05, 3.63) is 54.5 Å². The number of carboxylic acid groups (broad SMARTS) is 1. The van der Waals surface area contributed by atoms with E-state index in [0.717, 1.165) is 5.65 Å². The average molecular weight is 239 g/mol. The number of hydrogen-bond acceptors (Lipinski definition) is 3. The number of rotatable bonds is 2. The Hall–Kier alpha value is -2.69. The molecule has 0 saturated heterocycles. The molecule has 3 aromatic rings. The van der Waals surface area contributed by atoms with Crippen molar-refractivity contribution in [2.24, 2.45) is 0 Å². The molecule has 0 aliphatic rings. The first-order valence-corrected chi connectivity index (χ1v) is 5.38. The summed E-state index contributed by atoms with van der Waals surface area (Å²) in [5.74, 6) is -1.04. The van der Waals surface area contributed by atoms with Crippen LogP contribution in [0.5, 0.6) is 0 Å². The summed E-state index contributed by atoms with van der Waals surface area (Å²) in [4.78, 5) is 19.3. The zero-order chi connectivity index (χ0) is 12.5. The van der Waals surface area contributed by atoms with Crippen molar-refractivity contribution in [3.8, 4) is 11.4 Å². The van der Waals surface area contributed by atoms with Gasteiger partial charge in [-0.1, -0.05) is 12.1 Å². The third-order valence-corrected chi connectivity index (χ3v) is 2.59. The van der Waals surface area contributed by atoms with Gasteiger partial charge in [0.2, 0.25) is 0 Å². The predicted octanol–water partition coefficient (Wildman–Crippen LogP) is 2.09. The SMILES string of the molecule is O=C(O)c1cccc(-c2cn3ccccc3n2)n1. The van der Waals surface area contributed by atoms with Crippen molar-refractivity contribution in [3.63, 3.8) is 0 Å². The number of aromatic carboxylic acids is 1. The molecule has 0 radical (unpaired) electrons. The fourth-order valence-electron chi connectivity index (χ4n) is 1.75. The summed E-state index contributed by atoms with van der Waals surface area (Å²) in [5.41, 5.74) is 2.03. The summed E-state index contributed by atoms with van der Waals surface area (Å²) >= 11 is 0.